The molecule has 2 aliphatic rings. The average Bonchev–Trinajstić information content (AvgIpc) is 3.13. The zero-order valence-electron chi connectivity index (χ0n) is 16.8. The molecule has 1 aromatic heterocycles. The second-order valence-electron chi connectivity index (χ2n) is 7.37. The van der Waals surface area contributed by atoms with E-state index < -0.39 is 0 Å². The highest BCUT2D eigenvalue weighted by Gasteiger charge is 2.24. The van der Waals surface area contributed by atoms with Crippen molar-refractivity contribution >= 4 is 47.2 Å². The van der Waals surface area contributed by atoms with E-state index >= 15 is 0 Å². The van der Waals surface area contributed by atoms with Crippen molar-refractivity contribution < 1.29 is 4.79 Å². The van der Waals surface area contributed by atoms with Crippen molar-refractivity contribution in [3.8, 4) is 0 Å². The maximum absolute atomic E-state index is 11.8. The van der Waals surface area contributed by atoms with Gasteiger partial charge in [0, 0.05) is 30.4 Å². The lowest BCUT2D eigenvalue weighted by atomic mass is 10.2. The van der Waals surface area contributed by atoms with Gasteiger partial charge in [-0.3, -0.25) is 14.7 Å². The summed E-state index contributed by atoms with van der Waals surface area (Å²) in [5.74, 6) is 1.02. The summed E-state index contributed by atoms with van der Waals surface area (Å²) in [6, 6.07) is 5.17. The zero-order chi connectivity index (χ0) is 18.9. The Balaban J connectivity index is 0.00000280. The largest absolute Gasteiger partial charge is 0.357 e. The molecule has 6 nitrogen and oxygen atoms in total. The van der Waals surface area contributed by atoms with Gasteiger partial charge in [0.15, 0.2) is 5.96 Å². The molecule has 1 saturated carbocycles. The van der Waals surface area contributed by atoms with Gasteiger partial charge in [-0.05, 0) is 63.6 Å². The first-order valence-electron chi connectivity index (χ1n) is 10.3. The number of aliphatic imine (C=N–C) groups is 1. The molecule has 2 fully saturated rings. The molecule has 1 amide bonds. The second-order valence-corrected chi connectivity index (χ2v) is 8.35. The lowest BCUT2D eigenvalue weighted by Crippen LogP contribution is -2.39. The Morgan fingerprint density at radius 2 is 2.11 bits per heavy atom. The van der Waals surface area contributed by atoms with Crippen LogP contribution in [-0.2, 0) is 4.79 Å². The van der Waals surface area contributed by atoms with Gasteiger partial charge in [0.1, 0.15) is 0 Å². The van der Waals surface area contributed by atoms with Gasteiger partial charge in [-0.1, -0.05) is 6.07 Å². The maximum Gasteiger partial charge on any atom is 0.220 e. The molecule has 1 aliphatic heterocycles. The molecular weight excluding hydrogens is 485 g/mol. The number of rotatable bonds is 10. The van der Waals surface area contributed by atoms with E-state index in [1.165, 1.54) is 17.7 Å². The Labute approximate surface area is 190 Å². The van der Waals surface area contributed by atoms with E-state index in [9.17, 15) is 4.79 Å². The third-order valence-corrected chi connectivity index (χ3v) is 6.01. The summed E-state index contributed by atoms with van der Waals surface area (Å²) in [6.45, 7) is 6.77. The predicted molar refractivity (Wildman–Crippen MR) is 128 cm³/mol. The zero-order valence-corrected chi connectivity index (χ0v) is 19.9. The first-order valence-corrected chi connectivity index (χ1v) is 11.2. The van der Waals surface area contributed by atoms with Crippen LogP contribution in [0.15, 0.2) is 22.5 Å². The fourth-order valence-electron chi connectivity index (χ4n) is 3.42. The molecule has 28 heavy (non-hydrogen) atoms. The normalized spacial score (nSPS) is 18.4. The number of thiophene rings is 1. The van der Waals surface area contributed by atoms with Crippen molar-refractivity contribution in [2.75, 3.05) is 32.7 Å². The molecule has 1 aromatic rings. The molecule has 1 aliphatic carbocycles. The van der Waals surface area contributed by atoms with Gasteiger partial charge in [0.05, 0.1) is 12.6 Å². The van der Waals surface area contributed by atoms with Crippen LogP contribution in [0.3, 0.4) is 0 Å². The van der Waals surface area contributed by atoms with Gasteiger partial charge in [-0.2, -0.15) is 0 Å². The van der Waals surface area contributed by atoms with E-state index in [4.69, 9.17) is 4.99 Å². The highest BCUT2D eigenvalue weighted by Crippen LogP contribution is 2.28. The molecule has 1 saturated heterocycles. The summed E-state index contributed by atoms with van der Waals surface area (Å²) in [4.78, 5) is 20.6. The molecule has 1 atom stereocenters. The second kappa shape index (κ2) is 12.6. The van der Waals surface area contributed by atoms with E-state index in [1.54, 1.807) is 0 Å². The summed E-state index contributed by atoms with van der Waals surface area (Å²) in [6.07, 6.45) is 6.25. The van der Waals surface area contributed by atoms with Crippen molar-refractivity contribution in [2.45, 2.75) is 57.5 Å². The standard InChI is InChI=1S/C20H33N5OS.HI/c1-2-21-20(22-11-5-8-19(26)24-16-9-10-16)23-15-17(18-7-6-14-27-18)25-12-3-4-13-25;/h6-7,14,16-17H,2-5,8-13,15H2,1H3,(H,24,26)(H2,21,22,23);1H. The molecule has 0 radical (unpaired) electrons. The summed E-state index contributed by atoms with van der Waals surface area (Å²) < 4.78 is 0. The van der Waals surface area contributed by atoms with Crippen LogP contribution in [-0.4, -0.2) is 55.5 Å². The third-order valence-electron chi connectivity index (χ3n) is 5.04. The smallest absolute Gasteiger partial charge is 0.220 e. The number of nitrogens with one attached hydrogen (secondary N) is 3. The summed E-state index contributed by atoms with van der Waals surface area (Å²) in [5, 5.41) is 11.9. The molecular formula is C20H34IN5OS. The first kappa shape index (κ1) is 23.4. The Hall–Kier alpha value is -0.870. The topological polar surface area (TPSA) is 68.8 Å². The summed E-state index contributed by atoms with van der Waals surface area (Å²) in [5.41, 5.74) is 0. The van der Waals surface area contributed by atoms with Crippen molar-refractivity contribution in [1.82, 2.24) is 20.9 Å². The fourth-order valence-corrected chi connectivity index (χ4v) is 4.27. The minimum Gasteiger partial charge on any atom is -0.357 e. The Kier molecular flexibility index (Phi) is 10.6. The first-order chi connectivity index (χ1) is 13.3. The summed E-state index contributed by atoms with van der Waals surface area (Å²) >= 11 is 1.82. The predicted octanol–water partition coefficient (Wildman–Crippen LogP) is 3.12. The van der Waals surface area contributed by atoms with E-state index in [1.807, 2.05) is 11.3 Å². The molecule has 8 heteroatoms. The van der Waals surface area contributed by atoms with E-state index in [0.29, 0.717) is 18.5 Å². The van der Waals surface area contributed by atoms with Gasteiger partial charge in [-0.15, -0.1) is 35.3 Å². The van der Waals surface area contributed by atoms with Gasteiger partial charge < -0.3 is 16.0 Å². The lowest BCUT2D eigenvalue weighted by molar-refractivity contribution is -0.121. The molecule has 1 unspecified atom stereocenters. The monoisotopic (exact) mass is 519 g/mol. The number of halogens is 1. The minimum absolute atomic E-state index is 0. The van der Waals surface area contributed by atoms with Crippen LogP contribution in [0.4, 0.5) is 0 Å². The van der Waals surface area contributed by atoms with E-state index in [0.717, 1.165) is 57.9 Å². The van der Waals surface area contributed by atoms with Crippen LogP contribution >= 0.6 is 35.3 Å². The van der Waals surface area contributed by atoms with Crippen molar-refractivity contribution in [2.24, 2.45) is 4.99 Å². The Morgan fingerprint density at radius 3 is 2.75 bits per heavy atom. The molecule has 3 rings (SSSR count). The van der Waals surface area contributed by atoms with Crippen molar-refractivity contribution in [3.63, 3.8) is 0 Å². The van der Waals surface area contributed by atoms with Crippen LogP contribution in [0.1, 0.15) is 56.4 Å². The van der Waals surface area contributed by atoms with Gasteiger partial charge >= 0.3 is 0 Å². The number of nitrogens with zero attached hydrogens (tertiary/aromatic N) is 2. The number of hydrogen-bond acceptors (Lipinski definition) is 4. The number of hydrogen-bond donors (Lipinski definition) is 3. The quantitative estimate of drug-likeness (QED) is 0.192. The van der Waals surface area contributed by atoms with Crippen LogP contribution < -0.4 is 16.0 Å². The summed E-state index contributed by atoms with van der Waals surface area (Å²) in [7, 11) is 0. The molecule has 0 bridgehead atoms. The third kappa shape index (κ3) is 7.87. The number of likely N-dealkylation sites (tertiary alicyclic amines) is 1. The number of carbonyl (C=O) groups excluding carboxylic acids is 1. The highest BCUT2D eigenvalue weighted by atomic mass is 127. The molecule has 2 heterocycles. The van der Waals surface area contributed by atoms with Crippen LogP contribution in [0, 0.1) is 0 Å². The Morgan fingerprint density at radius 1 is 1.32 bits per heavy atom. The highest BCUT2D eigenvalue weighted by molar-refractivity contribution is 14.0. The van der Waals surface area contributed by atoms with Gasteiger partial charge in [0.25, 0.3) is 0 Å². The molecule has 158 valence electrons. The van der Waals surface area contributed by atoms with Crippen molar-refractivity contribution in [3.05, 3.63) is 22.4 Å². The van der Waals surface area contributed by atoms with Gasteiger partial charge in [-0.25, -0.2) is 0 Å². The van der Waals surface area contributed by atoms with Crippen LogP contribution in [0.5, 0.6) is 0 Å². The average molecular weight is 519 g/mol. The number of carbonyl (C=O) groups is 1. The number of amides is 1. The van der Waals surface area contributed by atoms with E-state index in [2.05, 4.69) is 45.3 Å². The van der Waals surface area contributed by atoms with Crippen LogP contribution in [0.2, 0.25) is 0 Å². The fraction of sp³-hybridized carbons (Fsp3) is 0.700. The van der Waals surface area contributed by atoms with Crippen LogP contribution in [0.25, 0.3) is 0 Å². The molecule has 3 N–H and O–H groups in total. The van der Waals surface area contributed by atoms with Gasteiger partial charge in [0.2, 0.25) is 5.91 Å². The molecule has 0 spiro atoms. The SMILES string of the molecule is CCNC(=NCC(c1cccs1)N1CCCC1)NCCCC(=O)NC1CC1.I. The lowest BCUT2D eigenvalue weighted by Gasteiger charge is -2.25. The molecule has 0 aromatic carbocycles. The number of guanidine groups is 1. The van der Waals surface area contributed by atoms with E-state index in [-0.39, 0.29) is 29.9 Å². The maximum atomic E-state index is 11.8. The minimum atomic E-state index is 0. The van der Waals surface area contributed by atoms with Crippen molar-refractivity contribution in [1.29, 1.82) is 0 Å². The Bertz CT molecular complexity index is 600.